The summed E-state index contributed by atoms with van der Waals surface area (Å²) in [5.41, 5.74) is 3.86. The van der Waals surface area contributed by atoms with Crippen LogP contribution in [0.15, 0.2) is 29.4 Å². The minimum Gasteiger partial charge on any atom is -0.497 e. The zero-order chi connectivity index (χ0) is 16.1. The van der Waals surface area contributed by atoms with Crippen molar-refractivity contribution in [1.82, 2.24) is 10.4 Å². The number of hydrogen-bond donors (Lipinski definition) is 1. The normalized spacial score (nSPS) is 11.3. The molecule has 116 valence electrons. The Kier molecular flexibility index (Phi) is 5.33. The van der Waals surface area contributed by atoms with Crippen LogP contribution >= 0.6 is 11.6 Å². The number of carbonyl (C=O) groups is 1. The number of nitrogens with zero attached hydrogens (tertiary/aromatic N) is 2. The summed E-state index contributed by atoms with van der Waals surface area (Å²) in [6.45, 7) is 3.95. The minimum atomic E-state index is -0.124. The number of rotatable bonds is 5. The van der Waals surface area contributed by atoms with E-state index in [-0.39, 0.29) is 11.8 Å². The van der Waals surface area contributed by atoms with Gasteiger partial charge in [0.05, 0.1) is 18.8 Å². The Morgan fingerprint density at radius 3 is 2.91 bits per heavy atom. The van der Waals surface area contributed by atoms with Gasteiger partial charge < -0.3 is 4.74 Å². The molecule has 0 aliphatic carbocycles. The van der Waals surface area contributed by atoms with Gasteiger partial charge in [-0.15, -0.1) is 0 Å². The van der Waals surface area contributed by atoms with E-state index in [2.05, 4.69) is 15.5 Å². The van der Waals surface area contributed by atoms with E-state index < -0.39 is 0 Å². The highest BCUT2D eigenvalue weighted by Gasteiger charge is 2.06. The Morgan fingerprint density at radius 2 is 2.23 bits per heavy atom. The van der Waals surface area contributed by atoms with Gasteiger partial charge in [-0.05, 0) is 24.1 Å². The quantitative estimate of drug-likeness (QED) is 0.522. The lowest BCUT2D eigenvalue weighted by atomic mass is 10.1. The predicted octanol–water partition coefficient (Wildman–Crippen LogP) is 3.39. The van der Waals surface area contributed by atoms with Crippen LogP contribution in [0.2, 0.25) is 5.15 Å². The molecule has 0 atom stereocenters. The van der Waals surface area contributed by atoms with E-state index in [1.165, 1.54) is 6.21 Å². The number of pyridine rings is 1. The fourth-order valence-electron chi connectivity index (χ4n) is 1.95. The molecule has 0 bridgehead atoms. The number of nitrogens with one attached hydrogen (secondary N) is 1. The van der Waals surface area contributed by atoms with Crippen molar-refractivity contribution in [3.63, 3.8) is 0 Å². The third-order valence-corrected chi connectivity index (χ3v) is 3.29. The molecule has 0 fully saturated rings. The molecule has 1 amide bonds. The zero-order valence-electron chi connectivity index (χ0n) is 12.8. The predicted molar refractivity (Wildman–Crippen MR) is 88.5 cm³/mol. The van der Waals surface area contributed by atoms with Crippen molar-refractivity contribution >= 4 is 34.6 Å². The Bertz CT molecular complexity index is 714. The number of amides is 1. The summed E-state index contributed by atoms with van der Waals surface area (Å²) >= 11 is 6.14. The third-order valence-electron chi connectivity index (χ3n) is 2.99. The van der Waals surface area contributed by atoms with Crippen LogP contribution in [0, 0.1) is 5.92 Å². The van der Waals surface area contributed by atoms with Crippen molar-refractivity contribution in [1.29, 1.82) is 0 Å². The average Bonchev–Trinajstić information content (AvgIpc) is 2.46. The highest BCUT2D eigenvalue weighted by atomic mass is 35.5. The molecule has 0 aliphatic rings. The topological polar surface area (TPSA) is 63.6 Å². The van der Waals surface area contributed by atoms with Gasteiger partial charge in [-0.1, -0.05) is 25.4 Å². The maximum atomic E-state index is 11.5. The van der Waals surface area contributed by atoms with Crippen molar-refractivity contribution in [2.45, 2.75) is 20.3 Å². The standard InChI is InChI=1S/C16H18ClN3O2/c1-10(2)6-15(21)20-18-9-12-7-11-4-5-13(22-3)8-14(11)19-16(12)17/h4-5,7-10H,6H2,1-3H3,(H,20,21). The van der Waals surface area contributed by atoms with Gasteiger partial charge in [-0.2, -0.15) is 5.10 Å². The van der Waals surface area contributed by atoms with Crippen LogP contribution in [0.5, 0.6) is 5.75 Å². The molecule has 1 aromatic heterocycles. The molecule has 0 radical (unpaired) electrons. The number of ether oxygens (including phenoxy) is 1. The van der Waals surface area contributed by atoms with Crippen LogP contribution in [0.4, 0.5) is 0 Å². The lowest BCUT2D eigenvalue weighted by molar-refractivity contribution is -0.121. The van der Waals surface area contributed by atoms with Gasteiger partial charge in [-0.25, -0.2) is 10.4 Å². The molecule has 0 saturated carbocycles. The monoisotopic (exact) mass is 319 g/mol. The molecule has 22 heavy (non-hydrogen) atoms. The van der Waals surface area contributed by atoms with Crippen LogP contribution in [-0.4, -0.2) is 24.2 Å². The second-order valence-corrected chi connectivity index (χ2v) is 5.68. The van der Waals surface area contributed by atoms with Gasteiger partial charge >= 0.3 is 0 Å². The SMILES string of the molecule is COc1ccc2cc(C=NNC(=O)CC(C)C)c(Cl)nc2c1. The highest BCUT2D eigenvalue weighted by molar-refractivity contribution is 6.32. The molecule has 1 N–H and O–H groups in total. The Labute approximate surface area is 134 Å². The fourth-order valence-corrected chi connectivity index (χ4v) is 2.14. The van der Waals surface area contributed by atoms with Crippen LogP contribution in [-0.2, 0) is 4.79 Å². The van der Waals surface area contributed by atoms with Crippen molar-refractivity contribution in [3.8, 4) is 5.75 Å². The van der Waals surface area contributed by atoms with Crippen molar-refractivity contribution < 1.29 is 9.53 Å². The summed E-state index contributed by atoms with van der Waals surface area (Å²) in [5.74, 6) is 0.885. The van der Waals surface area contributed by atoms with Crippen molar-refractivity contribution in [2.24, 2.45) is 11.0 Å². The second-order valence-electron chi connectivity index (χ2n) is 5.32. The molecule has 1 heterocycles. The van der Waals surface area contributed by atoms with Gasteiger partial charge in [-0.3, -0.25) is 4.79 Å². The van der Waals surface area contributed by atoms with Gasteiger partial charge in [0.2, 0.25) is 5.91 Å². The van der Waals surface area contributed by atoms with Gasteiger partial charge in [0, 0.05) is 23.4 Å². The van der Waals surface area contributed by atoms with Crippen molar-refractivity contribution in [2.75, 3.05) is 7.11 Å². The van der Waals surface area contributed by atoms with Gasteiger partial charge in [0.25, 0.3) is 0 Å². The fraction of sp³-hybridized carbons (Fsp3) is 0.312. The molecule has 0 spiro atoms. The molecule has 0 saturated heterocycles. The summed E-state index contributed by atoms with van der Waals surface area (Å²) in [6.07, 6.45) is 1.93. The number of hydrogen-bond acceptors (Lipinski definition) is 4. The van der Waals surface area contributed by atoms with E-state index in [1.54, 1.807) is 7.11 Å². The number of benzene rings is 1. The number of hydrazone groups is 1. The first-order chi connectivity index (χ1) is 10.5. The van der Waals surface area contributed by atoms with Crippen LogP contribution < -0.4 is 10.2 Å². The highest BCUT2D eigenvalue weighted by Crippen LogP contribution is 2.23. The van der Waals surface area contributed by atoms with Crippen LogP contribution in [0.1, 0.15) is 25.8 Å². The Balaban J connectivity index is 2.17. The first-order valence-electron chi connectivity index (χ1n) is 6.96. The lowest BCUT2D eigenvalue weighted by Gasteiger charge is -2.05. The van der Waals surface area contributed by atoms with Crippen molar-refractivity contribution in [3.05, 3.63) is 35.0 Å². The van der Waals surface area contributed by atoms with Crippen LogP contribution in [0.25, 0.3) is 10.9 Å². The molecular weight excluding hydrogens is 302 g/mol. The average molecular weight is 320 g/mol. The van der Waals surface area contributed by atoms with E-state index in [9.17, 15) is 4.79 Å². The number of aromatic nitrogens is 1. The maximum Gasteiger partial charge on any atom is 0.240 e. The summed E-state index contributed by atoms with van der Waals surface area (Å²) in [4.78, 5) is 15.8. The molecule has 6 heteroatoms. The molecule has 0 aliphatic heterocycles. The smallest absolute Gasteiger partial charge is 0.240 e. The second kappa shape index (κ2) is 7.22. The largest absolute Gasteiger partial charge is 0.497 e. The number of fused-ring (bicyclic) bond motifs is 1. The molecule has 1 aromatic carbocycles. The summed E-state index contributed by atoms with van der Waals surface area (Å²) in [5, 5.41) is 5.16. The molecule has 2 rings (SSSR count). The van der Waals surface area contributed by atoms with Crippen LogP contribution in [0.3, 0.4) is 0 Å². The molecule has 2 aromatic rings. The van der Waals surface area contributed by atoms with E-state index in [0.29, 0.717) is 17.1 Å². The van der Waals surface area contributed by atoms with Gasteiger partial charge in [0.15, 0.2) is 0 Å². The maximum absolute atomic E-state index is 11.5. The van der Waals surface area contributed by atoms with E-state index in [4.69, 9.17) is 16.3 Å². The molecule has 5 nitrogen and oxygen atoms in total. The Hall–Kier alpha value is -2.14. The molecule has 0 unspecified atom stereocenters. The first kappa shape index (κ1) is 16.2. The zero-order valence-corrected chi connectivity index (χ0v) is 13.5. The number of carbonyl (C=O) groups excluding carboxylic acids is 1. The Morgan fingerprint density at radius 1 is 1.45 bits per heavy atom. The summed E-state index contributed by atoms with van der Waals surface area (Å²) in [6, 6.07) is 7.42. The third kappa shape index (κ3) is 4.18. The first-order valence-corrected chi connectivity index (χ1v) is 7.33. The summed E-state index contributed by atoms with van der Waals surface area (Å²) in [7, 11) is 1.60. The van der Waals surface area contributed by atoms with E-state index >= 15 is 0 Å². The lowest BCUT2D eigenvalue weighted by Crippen LogP contribution is -2.19. The number of methoxy groups -OCH3 is 1. The number of halogens is 1. The minimum absolute atomic E-state index is 0.124. The van der Waals surface area contributed by atoms with E-state index in [0.717, 1.165) is 16.7 Å². The van der Waals surface area contributed by atoms with Gasteiger partial charge in [0.1, 0.15) is 10.9 Å². The van der Waals surface area contributed by atoms with E-state index in [1.807, 2.05) is 38.1 Å². The molecular formula is C16H18ClN3O2. The summed E-state index contributed by atoms with van der Waals surface area (Å²) < 4.78 is 5.16.